The number of rotatable bonds is 4. The van der Waals surface area contributed by atoms with Crippen LogP contribution in [-0.2, 0) is 5.88 Å². The van der Waals surface area contributed by atoms with Gasteiger partial charge in [-0.2, -0.15) is 0 Å². The highest BCUT2D eigenvalue weighted by molar-refractivity contribution is 6.16. The molecule has 2 rings (SSSR count). The minimum absolute atomic E-state index is 0.282. The van der Waals surface area contributed by atoms with Gasteiger partial charge in [0, 0.05) is 13.6 Å². The van der Waals surface area contributed by atoms with E-state index in [1.807, 2.05) is 11.9 Å². The Kier molecular flexibility index (Phi) is 4.04. The molecule has 0 radical (unpaired) electrons. The summed E-state index contributed by atoms with van der Waals surface area (Å²) in [4.78, 5) is 2.04. The fraction of sp³-hybridized carbons (Fsp3) is 0.818. The quantitative estimate of drug-likeness (QED) is 0.763. The maximum Gasteiger partial charge on any atom is 0.317 e. The van der Waals surface area contributed by atoms with Crippen LogP contribution in [0.25, 0.3) is 0 Å². The van der Waals surface area contributed by atoms with E-state index in [2.05, 4.69) is 10.2 Å². The monoisotopic (exact) mass is 243 g/mol. The van der Waals surface area contributed by atoms with Crippen molar-refractivity contribution in [1.82, 2.24) is 10.2 Å². The first-order chi connectivity index (χ1) is 7.79. The average Bonchev–Trinajstić information content (AvgIpc) is 2.79. The molecular weight excluding hydrogens is 226 g/mol. The van der Waals surface area contributed by atoms with Crippen LogP contribution in [0.15, 0.2) is 4.42 Å². The van der Waals surface area contributed by atoms with E-state index in [-0.39, 0.29) is 5.88 Å². The van der Waals surface area contributed by atoms with Crippen LogP contribution in [-0.4, -0.2) is 23.8 Å². The Morgan fingerprint density at radius 2 is 2.06 bits per heavy atom. The number of anilines is 1. The molecule has 0 saturated heterocycles. The third-order valence-corrected chi connectivity index (χ3v) is 3.38. The molecule has 1 aliphatic carbocycles. The molecule has 1 aromatic rings. The fourth-order valence-corrected chi connectivity index (χ4v) is 2.40. The lowest BCUT2D eigenvalue weighted by Gasteiger charge is -2.25. The van der Waals surface area contributed by atoms with E-state index in [0.717, 1.165) is 12.5 Å². The van der Waals surface area contributed by atoms with Gasteiger partial charge in [0.05, 0.1) is 0 Å². The molecule has 1 saturated carbocycles. The van der Waals surface area contributed by atoms with Crippen LogP contribution in [0.3, 0.4) is 0 Å². The van der Waals surface area contributed by atoms with E-state index in [0.29, 0.717) is 11.9 Å². The Morgan fingerprint density at radius 1 is 1.31 bits per heavy atom. The van der Waals surface area contributed by atoms with E-state index in [1.54, 1.807) is 0 Å². The Labute approximate surface area is 101 Å². The van der Waals surface area contributed by atoms with E-state index < -0.39 is 0 Å². The van der Waals surface area contributed by atoms with Crippen LogP contribution < -0.4 is 4.90 Å². The van der Waals surface area contributed by atoms with Crippen LogP contribution in [0, 0.1) is 5.92 Å². The maximum atomic E-state index is 5.62. The second kappa shape index (κ2) is 5.53. The first-order valence-corrected chi connectivity index (χ1v) is 6.42. The number of alkyl halides is 1. The number of nitrogens with zero attached hydrogens (tertiary/aromatic N) is 3. The molecule has 1 fully saturated rings. The molecule has 1 aliphatic rings. The SMILES string of the molecule is CN(CC1CCCCC1)c1nnc(CCl)o1. The summed E-state index contributed by atoms with van der Waals surface area (Å²) < 4.78 is 5.41. The normalized spacial score (nSPS) is 17.6. The van der Waals surface area contributed by atoms with Gasteiger partial charge in [-0.05, 0) is 18.8 Å². The van der Waals surface area contributed by atoms with Crippen molar-refractivity contribution in [2.24, 2.45) is 5.92 Å². The van der Waals surface area contributed by atoms with Gasteiger partial charge in [0.15, 0.2) is 0 Å². The highest BCUT2D eigenvalue weighted by Crippen LogP contribution is 2.25. The summed E-state index contributed by atoms with van der Waals surface area (Å²) >= 11 is 5.62. The van der Waals surface area contributed by atoms with Crippen molar-refractivity contribution in [2.45, 2.75) is 38.0 Å². The molecule has 0 amide bonds. The van der Waals surface area contributed by atoms with E-state index in [4.69, 9.17) is 16.0 Å². The topological polar surface area (TPSA) is 42.2 Å². The van der Waals surface area contributed by atoms with Crippen molar-refractivity contribution >= 4 is 17.6 Å². The van der Waals surface area contributed by atoms with E-state index in [9.17, 15) is 0 Å². The highest BCUT2D eigenvalue weighted by atomic mass is 35.5. The molecule has 1 aromatic heterocycles. The predicted octanol–water partition coefficient (Wildman–Crippen LogP) is 2.82. The van der Waals surface area contributed by atoms with Gasteiger partial charge < -0.3 is 9.32 Å². The number of hydrogen-bond acceptors (Lipinski definition) is 4. The zero-order chi connectivity index (χ0) is 11.4. The van der Waals surface area contributed by atoms with Gasteiger partial charge in [-0.15, -0.1) is 16.7 Å². The van der Waals surface area contributed by atoms with Crippen molar-refractivity contribution in [2.75, 3.05) is 18.5 Å². The number of hydrogen-bond donors (Lipinski definition) is 0. The lowest BCUT2D eigenvalue weighted by molar-refractivity contribution is 0.355. The van der Waals surface area contributed by atoms with Gasteiger partial charge in [-0.1, -0.05) is 24.4 Å². The summed E-state index contributed by atoms with van der Waals surface area (Å²) in [6, 6.07) is 0.584. The third-order valence-electron chi connectivity index (χ3n) is 3.15. The van der Waals surface area contributed by atoms with E-state index in [1.165, 1.54) is 32.1 Å². The van der Waals surface area contributed by atoms with Crippen molar-refractivity contribution in [1.29, 1.82) is 0 Å². The molecule has 0 spiro atoms. The second-order valence-electron chi connectivity index (χ2n) is 4.50. The molecule has 0 aromatic carbocycles. The summed E-state index contributed by atoms with van der Waals surface area (Å²) in [5.41, 5.74) is 0. The van der Waals surface area contributed by atoms with Crippen LogP contribution in [0.1, 0.15) is 38.0 Å². The van der Waals surface area contributed by atoms with Gasteiger partial charge in [0.25, 0.3) is 0 Å². The highest BCUT2D eigenvalue weighted by Gasteiger charge is 2.18. The van der Waals surface area contributed by atoms with Gasteiger partial charge in [-0.25, -0.2) is 0 Å². The van der Waals surface area contributed by atoms with Crippen LogP contribution >= 0.6 is 11.6 Å². The Bertz CT molecular complexity index is 323. The Hall–Kier alpha value is -0.770. The molecule has 5 heteroatoms. The fourth-order valence-electron chi connectivity index (χ4n) is 2.29. The molecule has 90 valence electrons. The molecule has 4 nitrogen and oxygen atoms in total. The number of aromatic nitrogens is 2. The van der Waals surface area contributed by atoms with Crippen LogP contribution in [0.2, 0.25) is 0 Å². The van der Waals surface area contributed by atoms with Gasteiger partial charge >= 0.3 is 6.01 Å². The Morgan fingerprint density at radius 3 is 2.69 bits per heavy atom. The molecule has 16 heavy (non-hydrogen) atoms. The summed E-state index contributed by atoms with van der Waals surface area (Å²) in [6.45, 7) is 1.00. The predicted molar refractivity (Wildman–Crippen MR) is 63.7 cm³/mol. The van der Waals surface area contributed by atoms with Crippen LogP contribution in [0.4, 0.5) is 6.01 Å². The average molecular weight is 244 g/mol. The summed E-state index contributed by atoms with van der Waals surface area (Å²) in [6.07, 6.45) is 6.74. The largest absolute Gasteiger partial charge is 0.407 e. The van der Waals surface area contributed by atoms with Gasteiger partial charge in [-0.3, -0.25) is 0 Å². The summed E-state index contributed by atoms with van der Waals surface area (Å²) in [7, 11) is 2.00. The summed E-state index contributed by atoms with van der Waals surface area (Å²) in [5.74, 6) is 1.54. The zero-order valence-corrected chi connectivity index (χ0v) is 10.4. The van der Waals surface area contributed by atoms with Crippen molar-refractivity contribution < 1.29 is 4.42 Å². The molecule has 1 heterocycles. The number of halogens is 1. The lowest BCUT2D eigenvalue weighted by Crippen LogP contribution is -2.27. The smallest absolute Gasteiger partial charge is 0.317 e. The molecule has 0 bridgehead atoms. The third kappa shape index (κ3) is 2.88. The van der Waals surface area contributed by atoms with Crippen molar-refractivity contribution in [3.63, 3.8) is 0 Å². The van der Waals surface area contributed by atoms with E-state index >= 15 is 0 Å². The molecule has 0 aliphatic heterocycles. The molecule has 0 N–H and O–H groups in total. The van der Waals surface area contributed by atoms with Gasteiger partial charge in [0.2, 0.25) is 5.89 Å². The van der Waals surface area contributed by atoms with Crippen molar-refractivity contribution in [3.8, 4) is 0 Å². The standard InChI is InChI=1S/C11H18ClN3O/c1-15(8-9-5-3-2-4-6-9)11-14-13-10(7-12)16-11/h9H,2-8H2,1H3. The molecule has 0 unspecified atom stereocenters. The minimum Gasteiger partial charge on any atom is -0.407 e. The second-order valence-corrected chi connectivity index (χ2v) is 4.76. The first kappa shape index (κ1) is 11.7. The maximum absolute atomic E-state index is 5.62. The van der Waals surface area contributed by atoms with Gasteiger partial charge in [0.1, 0.15) is 5.88 Å². The Balaban J connectivity index is 1.88. The van der Waals surface area contributed by atoms with Crippen LogP contribution in [0.5, 0.6) is 0 Å². The minimum atomic E-state index is 0.282. The summed E-state index contributed by atoms with van der Waals surface area (Å²) in [5, 5.41) is 7.84. The van der Waals surface area contributed by atoms with Crippen molar-refractivity contribution in [3.05, 3.63) is 5.89 Å². The zero-order valence-electron chi connectivity index (χ0n) is 9.65. The first-order valence-electron chi connectivity index (χ1n) is 5.89. The molecule has 0 atom stereocenters. The molecular formula is C11H18ClN3O. The lowest BCUT2D eigenvalue weighted by atomic mass is 9.89.